The molecule has 0 spiro atoms. The Labute approximate surface area is 78.1 Å². The van der Waals surface area contributed by atoms with Gasteiger partial charge in [0, 0.05) is 0 Å². The van der Waals surface area contributed by atoms with E-state index in [-0.39, 0.29) is 0 Å². The van der Waals surface area contributed by atoms with Gasteiger partial charge in [-0.1, -0.05) is 51.7 Å². The first-order valence-electron chi connectivity index (χ1n) is 5.04. The molecule has 12 heavy (non-hydrogen) atoms. The van der Waals surface area contributed by atoms with Crippen LogP contribution in [0.25, 0.3) is 0 Å². The molecule has 2 radical (unpaired) electrons. The molecule has 0 saturated heterocycles. The smallest absolute Gasteiger partial charge is 0.0316 e. The first-order chi connectivity index (χ1) is 5.81. The van der Waals surface area contributed by atoms with Crippen molar-refractivity contribution in [3.8, 4) is 0 Å². The lowest BCUT2D eigenvalue weighted by Gasteiger charge is -2.08. The number of unbranched alkanes of at least 4 members (excludes halogenated alkanes) is 2. The third-order valence-electron chi connectivity index (χ3n) is 2.19. The van der Waals surface area contributed by atoms with Crippen LogP contribution in [-0.2, 0) is 0 Å². The summed E-state index contributed by atoms with van der Waals surface area (Å²) in [7, 11) is 0. The van der Waals surface area contributed by atoms with Crippen molar-refractivity contribution in [1.29, 1.82) is 0 Å². The Bertz CT molecular complexity index is 103. The van der Waals surface area contributed by atoms with Crippen LogP contribution in [0.1, 0.15) is 45.4 Å². The standard InChI is InChI=1S/C12H22/c1-4-6-8-10-12(3)11-9-7-5-2/h4,6,12H,1-2,5,7-11H2,3H3. The molecule has 0 heteroatoms. The third kappa shape index (κ3) is 7.84. The van der Waals surface area contributed by atoms with Crippen LogP contribution in [-0.4, -0.2) is 0 Å². The van der Waals surface area contributed by atoms with Crippen molar-refractivity contribution >= 4 is 0 Å². The quantitative estimate of drug-likeness (QED) is 0.497. The molecule has 0 fully saturated rings. The van der Waals surface area contributed by atoms with Crippen LogP contribution in [0.5, 0.6) is 0 Å². The first kappa shape index (κ1) is 11.7. The van der Waals surface area contributed by atoms with Gasteiger partial charge in [0.05, 0.1) is 0 Å². The fourth-order valence-electron chi connectivity index (χ4n) is 1.31. The first-order valence-corrected chi connectivity index (χ1v) is 5.04. The van der Waals surface area contributed by atoms with E-state index in [0.717, 1.165) is 12.3 Å². The minimum Gasteiger partial charge on any atom is -0.0885 e. The zero-order valence-corrected chi connectivity index (χ0v) is 8.39. The van der Waals surface area contributed by atoms with Crippen molar-refractivity contribution in [3.63, 3.8) is 0 Å². The van der Waals surface area contributed by atoms with E-state index >= 15 is 0 Å². The third-order valence-corrected chi connectivity index (χ3v) is 2.19. The molecule has 0 rings (SSSR count). The van der Waals surface area contributed by atoms with Gasteiger partial charge in [0.25, 0.3) is 0 Å². The lowest BCUT2D eigenvalue weighted by atomic mass is 9.98. The van der Waals surface area contributed by atoms with Crippen LogP contribution < -0.4 is 0 Å². The summed E-state index contributed by atoms with van der Waals surface area (Å²) in [5, 5.41) is 0. The van der Waals surface area contributed by atoms with Gasteiger partial charge in [-0.3, -0.25) is 0 Å². The monoisotopic (exact) mass is 166 g/mol. The molecule has 0 aliphatic rings. The molecule has 0 saturated carbocycles. The summed E-state index contributed by atoms with van der Waals surface area (Å²) in [5.74, 6) is 0.868. The van der Waals surface area contributed by atoms with Crippen molar-refractivity contribution in [2.75, 3.05) is 0 Å². The highest BCUT2D eigenvalue weighted by molar-refractivity contribution is 4.83. The Morgan fingerprint density at radius 3 is 2.58 bits per heavy atom. The number of rotatable bonds is 7. The molecule has 0 bridgehead atoms. The lowest BCUT2D eigenvalue weighted by Crippen LogP contribution is -1.93. The van der Waals surface area contributed by atoms with Gasteiger partial charge in [0.15, 0.2) is 0 Å². The number of hydrogen-bond donors (Lipinski definition) is 0. The van der Waals surface area contributed by atoms with E-state index in [1.54, 1.807) is 0 Å². The topological polar surface area (TPSA) is 0 Å². The van der Waals surface area contributed by atoms with Crippen LogP contribution in [0.4, 0.5) is 0 Å². The summed E-state index contributed by atoms with van der Waals surface area (Å²) in [5.41, 5.74) is 0. The zero-order chi connectivity index (χ0) is 9.23. The Morgan fingerprint density at radius 2 is 2.00 bits per heavy atom. The molecule has 1 atom stereocenters. The predicted octanol–water partition coefficient (Wildman–Crippen LogP) is 4.19. The van der Waals surface area contributed by atoms with Crippen molar-refractivity contribution < 1.29 is 0 Å². The van der Waals surface area contributed by atoms with E-state index in [1.807, 2.05) is 6.08 Å². The van der Waals surface area contributed by atoms with E-state index in [9.17, 15) is 0 Å². The van der Waals surface area contributed by atoms with Crippen molar-refractivity contribution in [1.82, 2.24) is 0 Å². The average molecular weight is 166 g/mol. The molecule has 0 nitrogen and oxygen atoms in total. The molecule has 0 heterocycles. The molecule has 0 aromatic heterocycles. The molecule has 0 aromatic carbocycles. The largest absolute Gasteiger partial charge is 0.0885 e. The molecular formula is C12H22. The molecule has 70 valence electrons. The van der Waals surface area contributed by atoms with Crippen molar-refractivity contribution in [2.24, 2.45) is 5.92 Å². The van der Waals surface area contributed by atoms with Crippen LogP contribution in [0.15, 0.2) is 12.2 Å². The van der Waals surface area contributed by atoms with E-state index < -0.39 is 0 Å². The van der Waals surface area contributed by atoms with Crippen LogP contribution in [0, 0.1) is 19.8 Å². The molecule has 0 aromatic rings. The van der Waals surface area contributed by atoms with Crippen molar-refractivity contribution in [2.45, 2.75) is 45.4 Å². The second-order valence-electron chi connectivity index (χ2n) is 3.50. The van der Waals surface area contributed by atoms with E-state index in [1.165, 1.54) is 32.1 Å². The number of allylic oxidation sites excluding steroid dienone is 2. The highest BCUT2D eigenvalue weighted by Gasteiger charge is 1.99. The summed E-state index contributed by atoms with van der Waals surface area (Å²) in [6, 6.07) is 0. The van der Waals surface area contributed by atoms with E-state index in [2.05, 4.69) is 26.8 Å². The maximum absolute atomic E-state index is 3.84. The summed E-state index contributed by atoms with van der Waals surface area (Å²) in [6.45, 7) is 9.84. The summed E-state index contributed by atoms with van der Waals surface area (Å²) in [4.78, 5) is 0. The fraction of sp³-hybridized carbons (Fsp3) is 0.667. The van der Waals surface area contributed by atoms with Gasteiger partial charge >= 0.3 is 0 Å². The van der Waals surface area contributed by atoms with Crippen LogP contribution in [0.3, 0.4) is 0 Å². The Balaban J connectivity index is 3.15. The number of hydrogen-bond acceptors (Lipinski definition) is 0. The SMILES string of the molecule is [CH2]C=CCCC(C)CCCC[CH2]. The van der Waals surface area contributed by atoms with Gasteiger partial charge in [-0.15, -0.1) is 0 Å². The maximum Gasteiger partial charge on any atom is -0.0316 e. The molecule has 0 N–H and O–H groups in total. The maximum atomic E-state index is 3.84. The van der Waals surface area contributed by atoms with Gasteiger partial charge in [-0.25, -0.2) is 0 Å². The van der Waals surface area contributed by atoms with E-state index in [0.29, 0.717) is 0 Å². The minimum atomic E-state index is 0.868. The predicted molar refractivity (Wildman–Crippen MR) is 56.7 cm³/mol. The van der Waals surface area contributed by atoms with E-state index in [4.69, 9.17) is 0 Å². The van der Waals surface area contributed by atoms with Gasteiger partial charge in [-0.2, -0.15) is 0 Å². The average Bonchev–Trinajstić information content (AvgIpc) is 2.06. The minimum absolute atomic E-state index is 0.868. The Morgan fingerprint density at radius 1 is 1.25 bits per heavy atom. The second-order valence-corrected chi connectivity index (χ2v) is 3.50. The highest BCUT2D eigenvalue weighted by atomic mass is 14.0. The van der Waals surface area contributed by atoms with Crippen LogP contribution in [0.2, 0.25) is 0 Å². The molecule has 1 unspecified atom stereocenters. The Kier molecular flexibility index (Phi) is 8.64. The summed E-state index contributed by atoms with van der Waals surface area (Å²) < 4.78 is 0. The highest BCUT2D eigenvalue weighted by Crippen LogP contribution is 2.14. The normalized spacial score (nSPS) is 13.9. The van der Waals surface area contributed by atoms with Gasteiger partial charge < -0.3 is 0 Å². The van der Waals surface area contributed by atoms with Gasteiger partial charge in [-0.05, 0) is 25.7 Å². The Hall–Kier alpha value is -0.260. The lowest BCUT2D eigenvalue weighted by molar-refractivity contribution is 0.470. The molecule has 0 aliphatic carbocycles. The molecule has 0 aliphatic heterocycles. The summed E-state index contributed by atoms with van der Waals surface area (Å²) >= 11 is 0. The van der Waals surface area contributed by atoms with Crippen LogP contribution >= 0.6 is 0 Å². The van der Waals surface area contributed by atoms with Gasteiger partial charge in [0.2, 0.25) is 0 Å². The fourth-order valence-corrected chi connectivity index (χ4v) is 1.31. The molecule has 0 amide bonds. The summed E-state index contributed by atoms with van der Waals surface area (Å²) in [6.07, 6.45) is 11.6. The second kappa shape index (κ2) is 8.83. The molecular weight excluding hydrogens is 144 g/mol. The van der Waals surface area contributed by atoms with Gasteiger partial charge in [0.1, 0.15) is 0 Å². The zero-order valence-electron chi connectivity index (χ0n) is 8.39. The van der Waals surface area contributed by atoms with Crippen molar-refractivity contribution in [3.05, 3.63) is 26.0 Å².